The number of aliphatic imine (C=N–C) groups is 1. The maximum absolute atomic E-state index is 10.4. The van der Waals surface area contributed by atoms with E-state index >= 15 is 0 Å². The predicted octanol–water partition coefficient (Wildman–Crippen LogP) is 2.79. The van der Waals surface area contributed by atoms with Crippen LogP contribution in [0.2, 0.25) is 0 Å². The van der Waals surface area contributed by atoms with Crippen molar-refractivity contribution in [2.24, 2.45) is 4.99 Å². The molecule has 27 heavy (non-hydrogen) atoms. The van der Waals surface area contributed by atoms with Crippen LogP contribution in [0.5, 0.6) is 5.75 Å². The number of aliphatic hydroxyl groups is 1. The van der Waals surface area contributed by atoms with Gasteiger partial charge >= 0.3 is 0 Å². The first-order chi connectivity index (χ1) is 13.0. The Balaban J connectivity index is 2.52. The summed E-state index contributed by atoms with van der Waals surface area (Å²) < 4.78 is 5.15. The Bertz CT molecular complexity index is 529. The zero-order valence-electron chi connectivity index (χ0n) is 17.7. The van der Waals surface area contributed by atoms with E-state index < -0.39 is 6.10 Å². The fourth-order valence-corrected chi connectivity index (χ4v) is 2.90. The van der Waals surface area contributed by atoms with Gasteiger partial charge in [0.25, 0.3) is 0 Å². The van der Waals surface area contributed by atoms with E-state index in [4.69, 9.17) is 4.74 Å². The highest BCUT2D eigenvalue weighted by atomic mass is 16.5. The van der Waals surface area contributed by atoms with E-state index in [1.165, 1.54) is 0 Å². The second-order valence-electron chi connectivity index (χ2n) is 6.72. The minimum absolute atomic E-state index is 0.313. The van der Waals surface area contributed by atoms with Crippen molar-refractivity contribution in [1.82, 2.24) is 15.5 Å². The average Bonchev–Trinajstić information content (AvgIpc) is 2.69. The zero-order chi connectivity index (χ0) is 20.1. The van der Waals surface area contributed by atoms with Gasteiger partial charge in [0, 0.05) is 12.6 Å². The van der Waals surface area contributed by atoms with Gasteiger partial charge in [0.15, 0.2) is 5.96 Å². The first kappa shape index (κ1) is 23.2. The summed E-state index contributed by atoms with van der Waals surface area (Å²) in [6.07, 6.45) is 1.61. The Morgan fingerprint density at radius 1 is 1.19 bits per heavy atom. The molecule has 0 heterocycles. The van der Waals surface area contributed by atoms with Gasteiger partial charge in [0.05, 0.1) is 19.8 Å². The maximum Gasteiger partial charge on any atom is 0.191 e. The minimum atomic E-state index is -0.635. The quantitative estimate of drug-likeness (QED) is 0.385. The van der Waals surface area contributed by atoms with Gasteiger partial charge in [0.2, 0.25) is 0 Å². The average molecular weight is 379 g/mol. The number of hydrogen-bond donors (Lipinski definition) is 3. The van der Waals surface area contributed by atoms with Crippen molar-refractivity contribution < 1.29 is 9.84 Å². The largest absolute Gasteiger partial charge is 0.497 e. The molecule has 6 heteroatoms. The Morgan fingerprint density at radius 2 is 1.85 bits per heavy atom. The molecular weight excluding hydrogens is 340 g/mol. The lowest BCUT2D eigenvalue weighted by Gasteiger charge is -2.21. The molecule has 1 aromatic rings. The van der Waals surface area contributed by atoms with Crippen LogP contribution < -0.4 is 15.4 Å². The standard InChI is InChI=1S/C21H38N4O2/c1-6-22-21(24-17(4)10-9-15-25(7-2)8-3)23-16-20(26)18-11-13-19(27-5)14-12-18/h11-14,17,20,26H,6-10,15-16H2,1-5H3,(H2,22,23,24). The number of hydrogen-bond acceptors (Lipinski definition) is 4. The molecule has 6 nitrogen and oxygen atoms in total. The van der Waals surface area contributed by atoms with Crippen molar-refractivity contribution in [2.75, 3.05) is 39.8 Å². The molecule has 1 aromatic carbocycles. The molecule has 2 atom stereocenters. The maximum atomic E-state index is 10.4. The molecule has 0 saturated heterocycles. The summed E-state index contributed by atoms with van der Waals surface area (Å²) in [6.45, 7) is 13.1. The molecule has 2 unspecified atom stereocenters. The molecule has 0 bridgehead atoms. The second kappa shape index (κ2) is 13.4. The normalized spacial score (nSPS) is 14.1. The number of methoxy groups -OCH3 is 1. The summed E-state index contributed by atoms with van der Waals surface area (Å²) in [7, 11) is 1.63. The van der Waals surface area contributed by atoms with Crippen molar-refractivity contribution in [3.63, 3.8) is 0 Å². The van der Waals surface area contributed by atoms with Gasteiger partial charge < -0.3 is 25.4 Å². The predicted molar refractivity (Wildman–Crippen MR) is 114 cm³/mol. The van der Waals surface area contributed by atoms with E-state index in [1.807, 2.05) is 31.2 Å². The molecule has 0 aromatic heterocycles. The van der Waals surface area contributed by atoms with Gasteiger partial charge in [-0.25, -0.2) is 0 Å². The summed E-state index contributed by atoms with van der Waals surface area (Å²) in [4.78, 5) is 6.99. The molecule has 154 valence electrons. The van der Waals surface area contributed by atoms with Crippen LogP contribution in [0.25, 0.3) is 0 Å². The molecule has 0 amide bonds. The number of nitrogens with zero attached hydrogens (tertiary/aromatic N) is 2. The summed E-state index contributed by atoms with van der Waals surface area (Å²) in [6, 6.07) is 7.77. The summed E-state index contributed by atoms with van der Waals surface area (Å²) in [5.41, 5.74) is 0.836. The van der Waals surface area contributed by atoms with Gasteiger partial charge in [-0.05, 0) is 64.0 Å². The van der Waals surface area contributed by atoms with E-state index in [2.05, 4.69) is 41.3 Å². The molecule has 1 rings (SSSR count). The minimum Gasteiger partial charge on any atom is -0.497 e. The van der Waals surface area contributed by atoms with Gasteiger partial charge in [-0.15, -0.1) is 0 Å². The third kappa shape index (κ3) is 9.11. The van der Waals surface area contributed by atoms with Crippen LogP contribution in [-0.2, 0) is 0 Å². The summed E-state index contributed by atoms with van der Waals surface area (Å²) >= 11 is 0. The molecule has 0 aliphatic carbocycles. The van der Waals surface area contributed by atoms with E-state index in [0.717, 1.165) is 56.3 Å². The second-order valence-corrected chi connectivity index (χ2v) is 6.72. The molecule has 0 aliphatic rings. The van der Waals surface area contributed by atoms with Crippen molar-refractivity contribution >= 4 is 5.96 Å². The molecular formula is C21H38N4O2. The Kier molecular flexibility index (Phi) is 11.5. The number of guanidine groups is 1. The van der Waals surface area contributed by atoms with Gasteiger partial charge in [-0.1, -0.05) is 26.0 Å². The zero-order valence-corrected chi connectivity index (χ0v) is 17.7. The third-order valence-corrected chi connectivity index (χ3v) is 4.66. The van der Waals surface area contributed by atoms with Crippen molar-refractivity contribution in [1.29, 1.82) is 0 Å². The van der Waals surface area contributed by atoms with Crippen LogP contribution in [0, 0.1) is 0 Å². The molecule has 0 spiro atoms. The molecule has 0 saturated carbocycles. The summed E-state index contributed by atoms with van der Waals surface area (Å²) in [5.74, 6) is 1.53. The number of ether oxygens (including phenoxy) is 1. The van der Waals surface area contributed by atoms with Crippen molar-refractivity contribution in [2.45, 2.75) is 52.7 Å². The molecule has 0 fully saturated rings. The van der Waals surface area contributed by atoms with Crippen molar-refractivity contribution in [3.05, 3.63) is 29.8 Å². The molecule has 0 aliphatic heterocycles. The van der Waals surface area contributed by atoms with Crippen molar-refractivity contribution in [3.8, 4) is 5.75 Å². The van der Waals surface area contributed by atoms with Gasteiger partial charge in [0.1, 0.15) is 5.75 Å². The lowest BCUT2D eigenvalue weighted by Crippen LogP contribution is -2.42. The fourth-order valence-electron chi connectivity index (χ4n) is 2.90. The fraction of sp³-hybridized carbons (Fsp3) is 0.667. The van der Waals surface area contributed by atoms with Crippen LogP contribution in [0.15, 0.2) is 29.3 Å². The lowest BCUT2D eigenvalue weighted by atomic mass is 10.1. The first-order valence-corrected chi connectivity index (χ1v) is 10.1. The van der Waals surface area contributed by atoms with Crippen LogP contribution in [0.3, 0.4) is 0 Å². The van der Waals surface area contributed by atoms with Gasteiger partial charge in [-0.3, -0.25) is 4.99 Å². The van der Waals surface area contributed by atoms with Crippen LogP contribution in [0.4, 0.5) is 0 Å². The monoisotopic (exact) mass is 378 g/mol. The molecule has 3 N–H and O–H groups in total. The topological polar surface area (TPSA) is 69.1 Å². The van der Waals surface area contributed by atoms with Crippen LogP contribution in [0.1, 0.15) is 52.2 Å². The highest BCUT2D eigenvalue weighted by Crippen LogP contribution is 2.17. The third-order valence-electron chi connectivity index (χ3n) is 4.66. The Labute approximate surface area is 165 Å². The van der Waals surface area contributed by atoms with Gasteiger partial charge in [-0.2, -0.15) is 0 Å². The van der Waals surface area contributed by atoms with Crippen LogP contribution in [-0.4, -0.2) is 61.8 Å². The molecule has 0 radical (unpaired) electrons. The summed E-state index contributed by atoms with van der Waals surface area (Å²) in [5, 5.41) is 17.1. The van der Waals surface area contributed by atoms with Crippen LogP contribution >= 0.6 is 0 Å². The number of benzene rings is 1. The number of aliphatic hydroxyl groups excluding tert-OH is 1. The SMILES string of the molecule is CCNC(=NCC(O)c1ccc(OC)cc1)NC(C)CCCN(CC)CC. The smallest absolute Gasteiger partial charge is 0.191 e. The van der Waals surface area contributed by atoms with E-state index in [0.29, 0.717) is 12.6 Å². The highest BCUT2D eigenvalue weighted by Gasteiger charge is 2.10. The first-order valence-electron chi connectivity index (χ1n) is 10.1. The number of rotatable bonds is 12. The van der Waals surface area contributed by atoms with E-state index in [-0.39, 0.29) is 0 Å². The Morgan fingerprint density at radius 3 is 2.41 bits per heavy atom. The van der Waals surface area contributed by atoms with E-state index in [9.17, 15) is 5.11 Å². The number of nitrogens with one attached hydrogen (secondary N) is 2. The highest BCUT2D eigenvalue weighted by molar-refractivity contribution is 5.80. The lowest BCUT2D eigenvalue weighted by molar-refractivity contribution is 0.187. The van der Waals surface area contributed by atoms with E-state index in [1.54, 1.807) is 7.11 Å². The Hall–Kier alpha value is -1.79.